The molecule has 0 saturated carbocycles. The number of hydrogen-bond donors (Lipinski definition) is 1. The highest BCUT2D eigenvalue weighted by Crippen LogP contribution is 2.26. The third-order valence-electron chi connectivity index (χ3n) is 3.91. The molecule has 0 spiro atoms. The highest BCUT2D eigenvalue weighted by Gasteiger charge is 2.16. The minimum Gasteiger partial charge on any atom is -0.437 e. The highest BCUT2D eigenvalue weighted by molar-refractivity contribution is 5.80. The third-order valence-corrected chi connectivity index (χ3v) is 3.91. The maximum Gasteiger partial charge on any atom is 0.234 e. The largest absolute Gasteiger partial charge is 0.437 e. The third kappa shape index (κ3) is 2.27. The van der Waals surface area contributed by atoms with Gasteiger partial charge in [0.05, 0.1) is 11.4 Å². The minimum absolute atomic E-state index is 0.117. The van der Waals surface area contributed by atoms with Gasteiger partial charge in [0.2, 0.25) is 5.71 Å². The summed E-state index contributed by atoms with van der Waals surface area (Å²) in [5.74, 6) is 0.469. The summed E-state index contributed by atoms with van der Waals surface area (Å²) in [7, 11) is 0. The molecule has 4 rings (SSSR count). The minimum atomic E-state index is -0.117. The van der Waals surface area contributed by atoms with Crippen molar-refractivity contribution >= 4 is 16.8 Å². The fraction of sp³-hybridized carbons (Fsp3) is 0.0526. The molecule has 24 heavy (non-hydrogen) atoms. The van der Waals surface area contributed by atoms with Gasteiger partial charge in [-0.3, -0.25) is 4.79 Å². The fourth-order valence-electron chi connectivity index (χ4n) is 2.79. The standard InChI is InChI=1S/C19H15N3O2/c1-12-18-16(23)11-17(13-6-5-7-14(20)10-13)24-19(18)22(21-12)15-8-3-2-4-9-15/h2-11H,20H2,1H3. The first-order valence-corrected chi connectivity index (χ1v) is 7.58. The molecule has 0 saturated heterocycles. The van der Waals surface area contributed by atoms with Crippen LogP contribution in [0.2, 0.25) is 0 Å². The molecule has 5 heteroatoms. The highest BCUT2D eigenvalue weighted by atomic mass is 16.3. The number of benzene rings is 2. The smallest absolute Gasteiger partial charge is 0.234 e. The van der Waals surface area contributed by atoms with E-state index in [1.165, 1.54) is 6.07 Å². The van der Waals surface area contributed by atoms with Crippen LogP contribution in [-0.4, -0.2) is 9.78 Å². The van der Waals surface area contributed by atoms with Gasteiger partial charge in [-0.25, -0.2) is 0 Å². The number of rotatable bonds is 2. The Kier molecular flexibility index (Phi) is 3.20. The van der Waals surface area contributed by atoms with E-state index in [1.807, 2.05) is 42.5 Å². The quantitative estimate of drug-likeness (QED) is 0.574. The van der Waals surface area contributed by atoms with Crippen LogP contribution in [0.3, 0.4) is 0 Å². The first-order chi connectivity index (χ1) is 11.6. The Morgan fingerprint density at radius 1 is 1.04 bits per heavy atom. The maximum atomic E-state index is 12.6. The van der Waals surface area contributed by atoms with Crippen molar-refractivity contribution in [2.75, 3.05) is 5.73 Å². The van der Waals surface area contributed by atoms with Gasteiger partial charge in [0.15, 0.2) is 5.43 Å². The topological polar surface area (TPSA) is 74.1 Å². The second kappa shape index (κ2) is 5.38. The number of anilines is 1. The SMILES string of the molecule is Cc1nn(-c2ccccc2)c2oc(-c3cccc(N)c3)cc(=O)c12. The number of fused-ring (bicyclic) bond motifs is 1. The van der Waals surface area contributed by atoms with Gasteiger partial charge in [0.25, 0.3) is 0 Å². The molecule has 0 bridgehead atoms. The van der Waals surface area contributed by atoms with Crippen LogP contribution in [0.5, 0.6) is 0 Å². The van der Waals surface area contributed by atoms with E-state index in [0.717, 1.165) is 11.3 Å². The van der Waals surface area contributed by atoms with E-state index in [4.69, 9.17) is 10.2 Å². The van der Waals surface area contributed by atoms with Gasteiger partial charge in [-0.2, -0.15) is 9.78 Å². The van der Waals surface area contributed by atoms with E-state index >= 15 is 0 Å². The van der Waals surface area contributed by atoms with Crippen LogP contribution in [-0.2, 0) is 0 Å². The van der Waals surface area contributed by atoms with E-state index in [1.54, 1.807) is 23.7 Å². The second-order valence-corrected chi connectivity index (χ2v) is 5.61. The average Bonchev–Trinajstić information content (AvgIpc) is 2.93. The molecule has 2 aromatic heterocycles. The number of aryl methyl sites for hydroxylation is 1. The summed E-state index contributed by atoms with van der Waals surface area (Å²) in [6.07, 6.45) is 0. The van der Waals surface area contributed by atoms with Gasteiger partial charge in [-0.1, -0.05) is 30.3 Å². The molecule has 2 N–H and O–H groups in total. The normalized spacial score (nSPS) is 11.0. The van der Waals surface area contributed by atoms with Crippen LogP contribution in [0, 0.1) is 6.92 Å². The lowest BCUT2D eigenvalue weighted by Gasteiger charge is -2.05. The second-order valence-electron chi connectivity index (χ2n) is 5.61. The molecule has 0 fully saturated rings. The lowest BCUT2D eigenvalue weighted by molar-refractivity contribution is 0.587. The first-order valence-electron chi connectivity index (χ1n) is 7.58. The van der Waals surface area contributed by atoms with Crippen LogP contribution in [0.4, 0.5) is 5.69 Å². The fourth-order valence-corrected chi connectivity index (χ4v) is 2.79. The van der Waals surface area contributed by atoms with E-state index < -0.39 is 0 Å². The Morgan fingerprint density at radius 2 is 1.83 bits per heavy atom. The molecule has 118 valence electrons. The van der Waals surface area contributed by atoms with E-state index in [0.29, 0.717) is 28.2 Å². The molecular weight excluding hydrogens is 302 g/mol. The lowest BCUT2D eigenvalue weighted by atomic mass is 10.1. The molecule has 0 aliphatic carbocycles. The molecule has 0 radical (unpaired) electrons. The molecule has 4 aromatic rings. The molecule has 0 unspecified atom stereocenters. The summed E-state index contributed by atoms with van der Waals surface area (Å²) < 4.78 is 7.69. The molecular formula is C19H15N3O2. The number of nitrogens with two attached hydrogens (primary N) is 1. The summed E-state index contributed by atoms with van der Waals surface area (Å²) in [6, 6.07) is 18.3. The van der Waals surface area contributed by atoms with Crippen LogP contribution < -0.4 is 11.2 Å². The predicted molar refractivity (Wildman–Crippen MR) is 94.2 cm³/mol. The molecule has 5 nitrogen and oxygen atoms in total. The van der Waals surface area contributed by atoms with Crippen LogP contribution in [0.25, 0.3) is 28.1 Å². The van der Waals surface area contributed by atoms with E-state index in [9.17, 15) is 4.79 Å². The number of aromatic nitrogens is 2. The monoisotopic (exact) mass is 317 g/mol. The molecule has 0 amide bonds. The van der Waals surface area contributed by atoms with Crippen molar-refractivity contribution in [3.05, 3.63) is 76.6 Å². The van der Waals surface area contributed by atoms with Crippen molar-refractivity contribution in [1.82, 2.24) is 9.78 Å². The molecule has 0 aliphatic heterocycles. The summed E-state index contributed by atoms with van der Waals surface area (Å²) in [5.41, 5.74) is 9.00. The molecule has 2 aromatic carbocycles. The number of nitrogen functional groups attached to an aromatic ring is 1. The van der Waals surface area contributed by atoms with E-state index in [2.05, 4.69) is 5.10 Å². The van der Waals surface area contributed by atoms with Crippen LogP contribution in [0.15, 0.2) is 69.9 Å². The van der Waals surface area contributed by atoms with Gasteiger partial charge < -0.3 is 10.2 Å². The van der Waals surface area contributed by atoms with Gasteiger partial charge >= 0.3 is 0 Å². The number of hydrogen-bond acceptors (Lipinski definition) is 4. The zero-order valence-electron chi connectivity index (χ0n) is 13.1. The number of nitrogens with zero attached hydrogens (tertiary/aromatic N) is 2. The van der Waals surface area contributed by atoms with Crippen molar-refractivity contribution in [2.24, 2.45) is 0 Å². The van der Waals surface area contributed by atoms with Crippen molar-refractivity contribution < 1.29 is 4.42 Å². The molecule has 2 heterocycles. The van der Waals surface area contributed by atoms with Crippen molar-refractivity contribution in [3.8, 4) is 17.0 Å². The van der Waals surface area contributed by atoms with Crippen molar-refractivity contribution in [2.45, 2.75) is 6.92 Å². The molecule has 0 atom stereocenters. The van der Waals surface area contributed by atoms with Crippen molar-refractivity contribution in [3.63, 3.8) is 0 Å². The lowest BCUT2D eigenvalue weighted by Crippen LogP contribution is -2.02. The Balaban J connectivity index is 2.02. The van der Waals surface area contributed by atoms with Crippen LogP contribution in [0.1, 0.15) is 5.69 Å². The molecule has 0 aliphatic rings. The Labute approximate surface area is 138 Å². The van der Waals surface area contributed by atoms with Gasteiger partial charge in [-0.15, -0.1) is 0 Å². The van der Waals surface area contributed by atoms with Gasteiger partial charge in [0, 0.05) is 17.3 Å². The summed E-state index contributed by atoms with van der Waals surface area (Å²) in [5, 5.41) is 4.96. The van der Waals surface area contributed by atoms with Crippen LogP contribution >= 0.6 is 0 Å². The Hall–Kier alpha value is -3.34. The summed E-state index contributed by atoms with van der Waals surface area (Å²) in [6.45, 7) is 1.80. The zero-order chi connectivity index (χ0) is 16.7. The number of para-hydroxylation sites is 1. The van der Waals surface area contributed by atoms with Crippen molar-refractivity contribution in [1.29, 1.82) is 0 Å². The van der Waals surface area contributed by atoms with Gasteiger partial charge in [-0.05, 0) is 31.2 Å². The van der Waals surface area contributed by atoms with E-state index in [-0.39, 0.29) is 5.43 Å². The Morgan fingerprint density at radius 3 is 2.58 bits per heavy atom. The first kappa shape index (κ1) is 14.3. The summed E-state index contributed by atoms with van der Waals surface area (Å²) in [4.78, 5) is 12.6. The Bertz CT molecular complexity index is 1090. The zero-order valence-corrected chi connectivity index (χ0v) is 13.1. The maximum absolute atomic E-state index is 12.6. The van der Waals surface area contributed by atoms with Gasteiger partial charge in [0.1, 0.15) is 11.1 Å². The summed E-state index contributed by atoms with van der Waals surface area (Å²) >= 11 is 0. The predicted octanol–water partition coefficient (Wildman–Crippen LogP) is 3.54. The average molecular weight is 317 g/mol.